The number of hydrogen-bond acceptors (Lipinski definition) is 0. The van der Waals surface area contributed by atoms with Crippen LogP contribution in [0.5, 0.6) is 0 Å². The summed E-state index contributed by atoms with van der Waals surface area (Å²) in [5.41, 5.74) is 0.273. The Labute approximate surface area is 107 Å². The normalized spacial score (nSPS) is 29.6. The van der Waals surface area contributed by atoms with E-state index in [1.807, 2.05) is 0 Å². The highest BCUT2D eigenvalue weighted by Gasteiger charge is 2.34. The number of benzene rings is 1. The third-order valence-electron chi connectivity index (χ3n) is 3.60. The third kappa shape index (κ3) is 2.67. The van der Waals surface area contributed by atoms with Gasteiger partial charge in [0.2, 0.25) is 0 Å². The van der Waals surface area contributed by atoms with Gasteiger partial charge < -0.3 is 0 Å². The first-order valence-corrected chi connectivity index (χ1v) is 6.62. The largest absolute Gasteiger partial charge is 0.416 e. The molecule has 1 aromatic rings. The SMILES string of the molecule is CC1C(Br)CCC1c1cccc(C(F)(F)F)c1. The highest BCUT2D eigenvalue weighted by molar-refractivity contribution is 9.09. The van der Waals surface area contributed by atoms with Crippen LogP contribution in [0.2, 0.25) is 0 Å². The monoisotopic (exact) mass is 306 g/mol. The van der Waals surface area contributed by atoms with Gasteiger partial charge in [-0.1, -0.05) is 41.1 Å². The van der Waals surface area contributed by atoms with Gasteiger partial charge in [0.05, 0.1) is 5.56 Å². The van der Waals surface area contributed by atoms with Crippen molar-refractivity contribution < 1.29 is 13.2 Å². The highest BCUT2D eigenvalue weighted by atomic mass is 79.9. The van der Waals surface area contributed by atoms with Crippen molar-refractivity contribution in [2.45, 2.75) is 36.7 Å². The van der Waals surface area contributed by atoms with Gasteiger partial charge in [0, 0.05) is 4.83 Å². The Morgan fingerprint density at radius 1 is 1.24 bits per heavy atom. The Kier molecular flexibility index (Phi) is 3.53. The van der Waals surface area contributed by atoms with Crippen LogP contribution in [-0.2, 0) is 6.18 Å². The van der Waals surface area contributed by atoms with Crippen molar-refractivity contribution in [3.8, 4) is 0 Å². The summed E-state index contributed by atoms with van der Waals surface area (Å²) in [5.74, 6) is 0.625. The van der Waals surface area contributed by atoms with Gasteiger partial charge in [-0.15, -0.1) is 0 Å². The molecule has 0 amide bonds. The predicted octanol–water partition coefficient (Wildman–Crippen LogP) is 4.98. The minimum Gasteiger partial charge on any atom is -0.166 e. The van der Waals surface area contributed by atoms with E-state index in [9.17, 15) is 13.2 Å². The minimum absolute atomic E-state index is 0.238. The van der Waals surface area contributed by atoms with Gasteiger partial charge in [0.15, 0.2) is 0 Å². The van der Waals surface area contributed by atoms with Crippen LogP contribution in [-0.4, -0.2) is 4.83 Å². The molecular weight excluding hydrogens is 293 g/mol. The average molecular weight is 307 g/mol. The van der Waals surface area contributed by atoms with Gasteiger partial charge in [-0.3, -0.25) is 0 Å². The fourth-order valence-corrected chi connectivity index (χ4v) is 3.17. The van der Waals surface area contributed by atoms with Crippen LogP contribution in [0.15, 0.2) is 24.3 Å². The molecule has 0 aromatic heterocycles. The number of alkyl halides is 4. The Bertz CT molecular complexity index is 400. The maximum atomic E-state index is 12.6. The summed E-state index contributed by atoms with van der Waals surface area (Å²) >= 11 is 3.58. The zero-order chi connectivity index (χ0) is 12.6. The van der Waals surface area contributed by atoms with E-state index in [-0.39, 0.29) is 5.92 Å². The van der Waals surface area contributed by atoms with Crippen molar-refractivity contribution in [1.82, 2.24) is 0 Å². The fraction of sp³-hybridized carbons (Fsp3) is 0.538. The molecule has 0 bridgehead atoms. The van der Waals surface area contributed by atoms with E-state index in [0.717, 1.165) is 24.5 Å². The summed E-state index contributed by atoms with van der Waals surface area (Å²) in [5, 5.41) is 0. The van der Waals surface area contributed by atoms with Crippen LogP contribution < -0.4 is 0 Å². The summed E-state index contributed by atoms with van der Waals surface area (Å²) in [7, 11) is 0. The molecule has 17 heavy (non-hydrogen) atoms. The lowest BCUT2D eigenvalue weighted by Gasteiger charge is -2.19. The maximum Gasteiger partial charge on any atom is 0.416 e. The quantitative estimate of drug-likeness (QED) is 0.642. The molecule has 0 N–H and O–H groups in total. The number of rotatable bonds is 1. The van der Waals surface area contributed by atoms with Crippen molar-refractivity contribution in [3.63, 3.8) is 0 Å². The Balaban J connectivity index is 2.28. The highest BCUT2D eigenvalue weighted by Crippen LogP contribution is 2.43. The van der Waals surface area contributed by atoms with Crippen molar-refractivity contribution in [2.24, 2.45) is 5.92 Å². The van der Waals surface area contributed by atoms with E-state index >= 15 is 0 Å². The zero-order valence-corrected chi connectivity index (χ0v) is 11.1. The molecule has 4 heteroatoms. The molecule has 1 saturated carbocycles. The van der Waals surface area contributed by atoms with Gasteiger partial charge in [0.1, 0.15) is 0 Å². The standard InChI is InChI=1S/C13H14BrF3/c1-8-11(5-6-12(8)14)9-3-2-4-10(7-9)13(15,16)17/h2-4,7-8,11-12H,5-6H2,1H3. The van der Waals surface area contributed by atoms with Crippen LogP contribution in [0, 0.1) is 5.92 Å². The van der Waals surface area contributed by atoms with E-state index in [1.54, 1.807) is 6.07 Å². The lowest BCUT2D eigenvalue weighted by atomic mass is 9.89. The van der Waals surface area contributed by atoms with Crippen LogP contribution >= 0.6 is 15.9 Å². The summed E-state index contributed by atoms with van der Waals surface area (Å²) in [6, 6.07) is 5.74. The molecule has 0 radical (unpaired) electrons. The number of halogens is 4. The molecule has 0 spiro atoms. The molecule has 3 atom stereocenters. The molecule has 1 aliphatic carbocycles. The molecule has 0 heterocycles. The molecule has 0 aliphatic heterocycles. The van der Waals surface area contributed by atoms with Gasteiger partial charge >= 0.3 is 6.18 Å². The van der Waals surface area contributed by atoms with Gasteiger partial charge in [-0.2, -0.15) is 13.2 Å². The second-order valence-corrected chi connectivity index (χ2v) is 5.86. The second-order valence-electron chi connectivity index (χ2n) is 4.68. The van der Waals surface area contributed by atoms with E-state index in [4.69, 9.17) is 0 Å². The van der Waals surface area contributed by atoms with Crippen LogP contribution in [0.25, 0.3) is 0 Å². The number of hydrogen-bond donors (Lipinski definition) is 0. The smallest absolute Gasteiger partial charge is 0.166 e. The fourth-order valence-electron chi connectivity index (χ4n) is 2.53. The molecular formula is C13H14BrF3. The molecule has 1 fully saturated rings. The first kappa shape index (κ1) is 12.9. The van der Waals surface area contributed by atoms with Crippen molar-refractivity contribution in [3.05, 3.63) is 35.4 Å². The summed E-state index contributed by atoms with van der Waals surface area (Å²) < 4.78 is 37.9. The summed E-state index contributed by atoms with van der Waals surface area (Å²) in [6.45, 7) is 2.09. The van der Waals surface area contributed by atoms with Gasteiger partial charge in [0.25, 0.3) is 0 Å². The topological polar surface area (TPSA) is 0 Å². The lowest BCUT2D eigenvalue weighted by molar-refractivity contribution is -0.137. The average Bonchev–Trinajstić information content (AvgIpc) is 2.59. The molecule has 1 aromatic carbocycles. The first-order chi connectivity index (χ1) is 7.89. The van der Waals surface area contributed by atoms with Gasteiger partial charge in [-0.25, -0.2) is 0 Å². The molecule has 1 aliphatic rings. The Morgan fingerprint density at radius 2 is 1.94 bits per heavy atom. The van der Waals surface area contributed by atoms with Crippen molar-refractivity contribution >= 4 is 15.9 Å². The van der Waals surface area contributed by atoms with Crippen LogP contribution in [0.1, 0.15) is 36.8 Å². The summed E-state index contributed by atoms with van der Waals surface area (Å²) in [6.07, 6.45) is -2.26. The van der Waals surface area contributed by atoms with Crippen molar-refractivity contribution in [1.29, 1.82) is 0 Å². The van der Waals surface area contributed by atoms with E-state index < -0.39 is 11.7 Å². The Hall–Kier alpha value is -0.510. The van der Waals surface area contributed by atoms with Crippen LogP contribution in [0.3, 0.4) is 0 Å². The lowest BCUT2D eigenvalue weighted by Crippen LogP contribution is -2.11. The van der Waals surface area contributed by atoms with E-state index in [0.29, 0.717) is 10.7 Å². The zero-order valence-electron chi connectivity index (χ0n) is 9.47. The van der Waals surface area contributed by atoms with E-state index in [2.05, 4.69) is 22.9 Å². The first-order valence-electron chi connectivity index (χ1n) is 5.71. The van der Waals surface area contributed by atoms with E-state index in [1.165, 1.54) is 12.1 Å². The third-order valence-corrected chi connectivity index (χ3v) is 4.89. The summed E-state index contributed by atoms with van der Waals surface area (Å²) in [4.78, 5) is 0.419. The molecule has 2 rings (SSSR count). The maximum absolute atomic E-state index is 12.6. The van der Waals surface area contributed by atoms with Crippen molar-refractivity contribution in [2.75, 3.05) is 0 Å². The molecule has 3 unspecified atom stereocenters. The van der Waals surface area contributed by atoms with Crippen LogP contribution in [0.4, 0.5) is 13.2 Å². The Morgan fingerprint density at radius 3 is 2.47 bits per heavy atom. The molecule has 0 saturated heterocycles. The molecule has 0 nitrogen and oxygen atoms in total. The van der Waals surface area contributed by atoms with Gasteiger partial charge in [-0.05, 0) is 36.3 Å². The second kappa shape index (κ2) is 4.63. The minimum atomic E-state index is -4.24. The predicted molar refractivity (Wildman–Crippen MR) is 65.3 cm³/mol. The molecule has 94 valence electrons.